The number of benzene rings is 1. The van der Waals surface area contributed by atoms with E-state index in [1.54, 1.807) is 6.07 Å². The van der Waals surface area contributed by atoms with Crippen LogP contribution in [-0.2, 0) is 12.7 Å². The van der Waals surface area contributed by atoms with Crippen LogP contribution in [0.15, 0.2) is 29.3 Å². The molecule has 1 aliphatic rings. The van der Waals surface area contributed by atoms with E-state index < -0.39 is 24.5 Å². The summed E-state index contributed by atoms with van der Waals surface area (Å²) in [5.74, 6) is 0.481. The molecule has 0 aliphatic carbocycles. The highest BCUT2D eigenvalue weighted by Gasteiger charge is 2.34. The molecule has 1 atom stereocenters. The van der Waals surface area contributed by atoms with E-state index in [2.05, 4.69) is 15.6 Å². The van der Waals surface area contributed by atoms with Gasteiger partial charge in [0, 0.05) is 19.6 Å². The summed E-state index contributed by atoms with van der Waals surface area (Å²) in [4.78, 5) is 5.65. The van der Waals surface area contributed by atoms with Gasteiger partial charge in [-0.25, -0.2) is 4.99 Å². The molecule has 1 aromatic carbocycles. The van der Waals surface area contributed by atoms with Crippen LogP contribution in [0.3, 0.4) is 0 Å². The molecule has 0 saturated carbocycles. The van der Waals surface area contributed by atoms with Gasteiger partial charge in [0.05, 0.1) is 18.7 Å². The number of guanidine groups is 1. The highest BCUT2D eigenvalue weighted by Crippen LogP contribution is 2.29. The van der Waals surface area contributed by atoms with E-state index in [0.29, 0.717) is 44.1 Å². The van der Waals surface area contributed by atoms with Gasteiger partial charge in [-0.2, -0.15) is 26.3 Å². The maximum absolute atomic E-state index is 12.8. The van der Waals surface area contributed by atoms with E-state index in [4.69, 9.17) is 0 Å². The topological polar surface area (TPSA) is 39.7 Å². The standard InChI is InChI=1S/C18H24F6N4.HI/c1-2-25-16(26-9-13-4-3-5-15(8-13)18(22,23)24)27-10-14-6-7-28(11-14)12-17(19,20)21;/h3-5,8,14H,2,6-7,9-12H2,1H3,(H2,25,26,27);1H. The van der Waals surface area contributed by atoms with E-state index in [1.807, 2.05) is 6.92 Å². The molecule has 4 nitrogen and oxygen atoms in total. The van der Waals surface area contributed by atoms with Gasteiger partial charge < -0.3 is 10.6 Å². The van der Waals surface area contributed by atoms with E-state index in [9.17, 15) is 26.3 Å². The Hall–Kier alpha value is -1.24. The molecule has 0 aromatic heterocycles. The van der Waals surface area contributed by atoms with Crippen molar-refractivity contribution in [1.29, 1.82) is 0 Å². The Kier molecular flexibility index (Phi) is 9.99. The van der Waals surface area contributed by atoms with Crippen molar-refractivity contribution in [2.45, 2.75) is 32.2 Å². The number of hydrogen-bond acceptors (Lipinski definition) is 2. The molecule has 0 amide bonds. The van der Waals surface area contributed by atoms with Gasteiger partial charge >= 0.3 is 12.4 Å². The average molecular weight is 538 g/mol. The zero-order valence-electron chi connectivity index (χ0n) is 15.9. The molecule has 11 heteroatoms. The van der Waals surface area contributed by atoms with Gasteiger partial charge in [-0.15, -0.1) is 24.0 Å². The summed E-state index contributed by atoms with van der Waals surface area (Å²) in [7, 11) is 0. The van der Waals surface area contributed by atoms with Crippen molar-refractivity contribution in [2.75, 3.05) is 32.7 Å². The van der Waals surface area contributed by atoms with Crippen LogP contribution in [0.2, 0.25) is 0 Å². The molecule has 29 heavy (non-hydrogen) atoms. The zero-order chi connectivity index (χ0) is 20.8. The van der Waals surface area contributed by atoms with Crippen LogP contribution in [-0.4, -0.2) is 49.8 Å². The minimum atomic E-state index is -4.41. The SMILES string of the molecule is CCNC(=NCc1cccc(C(F)(F)F)c1)NCC1CCN(CC(F)(F)F)C1.I. The van der Waals surface area contributed by atoms with Crippen LogP contribution < -0.4 is 10.6 Å². The first-order chi connectivity index (χ1) is 13.1. The van der Waals surface area contributed by atoms with Gasteiger partial charge in [0.2, 0.25) is 0 Å². The summed E-state index contributed by atoms with van der Waals surface area (Å²) < 4.78 is 75.7. The molecule has 0 spiro atoms. The lowest BCUT2D eigenvalue weighted by molar-refractivity contribution is -0.143. The molecule has 2 N–H and O–H groups in total. The Labute approximate surface area is 183 Å². The molecule has 0 bridgehead atoms. The van der Waals surface area contributed by atoms with Gasteiger partial charge in [-0.1, -0.05) is 12.1 Å². The van der Waals surface area contributed by atoms with Crippen molar-refractivity contribution in [3.05, 3.63) is 35.4 Å². The predicted molar refractivity (Wildman–Crippen MR) is 110 cm³/mol. The molecule has 0 radical (unpaired) electrons. The second-order valence-corrected chi connectivity index (χ2v) is 6.78. The molecule has 1 heterocycles. The Morgan fingerprint density at radius 2 is 1.90 bits per heavy atom. The monoisotopic (exact) mass is 538 g/mol. The highest BCUT2D eigenvalue weighted by molar-refractivity contribution is 14.0. The smallest absolute Gasteiger partial charge is 0.357 e. The summed E-state index contributed by atoms with van der Waals surface area (Å²) in [5, 5.41) is 6.06. The lowest BCUT2D eigenvalue weighted by Gasteiger charge is -2.18. The van der Waals surface area contributed by atoms with E-state index in [-0.39, 0.29) is 36.4 Å². The third-order valence-corrected chi connectivity index (χ3v) is 4.35. The number of hydrogen-bond donors (Lipinski definition) is 2. The van der Waals surface area contributed by atoms with Gasteiger partial charge in [0.1, 0.15) is 0 Å². The van der Waals surface area contributed by atoms with Crippen LogP contribution >= 0.6 is 24.0 Å². The van der Waals surface area contributed by atoms with Crippen molar-refractivity contribution in [3.8, 4) is 0 Å². The number of likely N-dealkylation sites (tertiary alicyclic amines) is 1. The second-order valence-electron chi connectivity index (χ2n) is 6.78. The normalized spacial score (nSPS) is 18.4. The molecular weight excluding hydrogens is 513 g/mol. The van der Waals surface area contributed by atoms with Crippen LogP contribution in [0.25, 0.3) is 0 Å². The van der Waals surface area contributed by atoms with Gasteiger partial charge in [0.25, 0.3) is 0 Å². The van der Waals surface area contributed by atoms with Gasteiger partial charge in [0.15, 0.2) is 5.96 Å². The molecule has 1 aliphatic heterocycles. The fourth-order valence-corrected chi connectivity index (χ4v) is 3.08. The molecular formula is C18H25F6IN4. The predicted octanol–water partition coefficient (Wildman–Crippen LogP) is 4.26. The van der Waals surface area contributed by atoms with Crippen LogP contribution in [0, 0.1) is 5.92 Å². The summed E-state index contributed by atoms with van der Waals surface area (Å²) in [6.45, 7) is 2.74. The van der Waals surface area contributed by atoms with Crippen LogP contribution in [0.1, 0.15) is 24.5 Å². The number of halogens is 7. The lowest BCUT2D eigenvalue weighted by Crippen LogP contribution is -2.40. The van der Waals surface area contributed by atoms with Crippen molar-refractivity contribution >= 4 is 29.9 Å². The van der Waals surface area contributed by atoms with E-state index in [1.165, 1.54) is 11.0 Å². The highest BCUT2D eigenvalue weighted by atomic mass is 127. The third kappa shape index (κ3) is 9.41. The van der Waals surface area contributed by atoms with Crippen LogP contribution in [0.5, 0.6) is 0 Å². The van der Waals surface area contributed by atoms with E-state index in [0.717, 1.165) is 12.1 Å². The maximum atomic E-state index is 12.8. The Bertz CT molecular complexity index is 662. The summed E-state index contributed by atoms with van der Waals surface area (Å²) >= 11 is 0. The minimum absolute atomic E-state index is 0. The number of aliphatic imine (C=N–C) groups is 1. The summed E-state index contributed by atoms with van der Waals surface area (Å²) in [6, 6.07) is 4.96. The molecule has 1 unspecified atom stereocenters. The number of nitrogens with one attached hydrogen (secondary N) is 2. The third-order valence-electron chi connectivity index (χ3n) is 4.35. The molecule has 1 aromatic rings. The Morgan fingerprint density at radius 1 is 1.17 bits per heavy atom. The summed E-state index contributed by atoms with van der Waals surface area (Å²) in [5.41, 5.74) is -0.307. The summed E-state index contributed by atoms with van der Waals surface area (Å²) in [6.07, 6.45) is -7.97. The lowest BCUT2D eigenvalue weighted by atomic mass is 10.1. The molecule has 1 fully saturated rings. The number of nitrogens with zero attached hydrogens (tertiary/aromatic N) is 2. The van der Waals surface area contributed by atoms with E-state index >= 15 is 0 Å². The van der Waals surface area contributed by atoms with Crippen molar-refractivity contribution in [2.24, 2.45) is 10.9 Å². The fourth-order valence-electron chi connectivity index (χ4n) is 3.08. The van der Waals surface area contributed by atoms with Crippen molar-refractivity contribution in [3.63, 3.8) is 0 Å². The van der Waals surface area contributed by atoms with Crippen molar-refractivity contribution < 1.29 is 26.3 Å². The van der Waals surface area contributed by atoms with Crippen molar-refractivity contribution in [1.82, 2.24) is 15.5 Å². The first-order valence-corrected chi connectivity index (χ1v) is 9.04. The first kappa shape index (κ1) is 25.8. The zero-order valence-corrected chi connectivity index (χ0v) is 18.2. The molecule has 1 saturated heterocycles. The minimum Gasteiger partial charge on any atom is -0.357 e. The average Bonchev–Trinajstić information content (AvgIpc) is 3.02. The molecule has 166 valence electrons. The molecule has 2 rings (SSSR count). The van der Waals surface area contributed by atoms with Gasteiger partial charge in [-0.05, 0) is 43.5 Å². The number of alkyl halides is 6. The second kappa shape index (κ2) is 11.2. The largest absolute Gasteiger partial charge is 0.416 e. The van der Waals surface area contributed by atoms with Crippen LogP contribution in [0.4, 0.5) is 26.3 Å². The Balaban J connectivity index is 0.00000420. The fraction of sp³-hybridized carbons (Fsp3) is 0.611. The first-order valence-electron chi connectivity index (χ1n) is 9.04. The van der Waals surface area contributed by atoms with Gasteiger partial charge in [-0.3, -0.25) is 4.90 Å². The number of rotatable bonds is 6. The quantitative estimate of drug-likeness (QED) is 0.246. The Morgan fingerprint density at radius 3 is 2.52 bits per heavy atom. The maximum Gasteiger partial charge on any atom is 0.416 e.